The summed E-state index contributed by atoms with van der Waals surface area (Å²) in [5.74, 6) is -0.481. The second kappa shape index (κ2) is 9.86. The Kier molecular flexibility index (Phi) is 11.1. The number of carbonyl (C=O) groups is 1. The van der Waals surface area contributed by atoms with Gasteiger partial charge in [-0.05, 0) is 13.0 Å². The van der Waals surface area contributed by atoms with Crippen LogP contribution >= 0.6 is 0 Å². The summed E-state index contributed by atoms with van der Waals surface area (Å²) in [5.41, 5.74) is 4.53. The number of nitrogens with two attached hydrogens (primary N) is 1. The zero-order valence-electron chi connectivity index (χ0n) is 6.56. The van der Waals surface area contributed by atoms with Crippen molar-refractivity contribution in [2.24, 2.45) is 5.73 Å². The zero-order valence-corrected chi connectivity index (χ0v) is 7.37. The maximum atomic E-state index is 9.48. The van der Waals surface area contributed by atoms with Crippen LogP contribution in [0.4, 0.5) is 0 Å². The van der Waals surface area contributed by atoms with Gasteiger partial charge in [0.05, 0.1) is 6.26 Å². The molecule has 2 N–H and O–H groups in total. The molecule has 1 unspecified atom stereocenters. The van der Waals surface area contributed by atoms with Crippen molar-refractivity contribution in [1.82, 2.24) is 0 Å². The van der Waals surface area contributed by atoms with E-state index in [9.17, 15) is 13.6 Å². The lowest BCUT2D eigenvalue weighted by Crippen LogP contribution is -2.04. The highest BCUT2D eigenvalue weighted by molar-refractivity contribution is 7.74. The summed E-state index contributed by atoms with van der Waals surface area (Å²) in [4.78, 5) is 9.47. The summed E-state index contributed by atoms with van der Waals surface area (Å²) in [6.07, 6.45) is 3.62. The zero-order chi connectivity index (χ0) is 9.98. The third-order valence-electron chi connectivity index (χ3n) is 0.471. The predicted octanol–water partition coefficient (Wildman–Crippen LogP) is -0.0116. The topological polar surface area (TPSA) is 92.5 Å². The molecule has 0 saturated carbocycles. The molecule has 70 valence electrons. The molecule has 0 aliphatic rings. The molecule has 0 aromatic carbocycles. The molecule has 0 aromatic heterocycles. The van der Waals surface area contributed by atoms with Crippen molar-refractivity contribution in [3.63, 3.8) is 0 Å². The number of primary amides is 1. The van der Waals surface area contributed by atoms with Gasteiger partial charge in [-0.15, -0.1) is 0 Å². The van der Waals surface area contributed by atoms with Crippen molar-refractivity contribution in [1.29, 1.82) is 0 Å². The van der Waals surface area contributed by atoms with Gasteiger partial charge in [0.15, 0.2) is 0 Å². The molecule has 0 saturated heterocycles. The maximum absolute atomic E-state index is 9.48. The number of carbonyl (C=O) groups excluding carboxylic acids is 1. The smallest absolute Gasteiger partial charge is 0.240 e. The molecule has 6 heteroatoms. The first-order valence-electron chi connectivity index (χ1n) is 2.84. The Morgan fingerprint density at radius 3 is 2.25 bits per heavy atom. The molecule has 12 heavy (non-hydrogen) atoms. The molecule has 1 amide bonds. The molecular weight excluding hydrogens is 182 g/mol. The van der Waals surface area contributed by atoms with Gasteiger partial charge >= 0.3 is 0 Å². The van der Waals surface area contributed by atoms with Crippen LogP contribution in [0.5, 0.6) is 0 Å². The van der Waals surface area contributed by atoms with Gasteiger partial charge in [0, 0.05) is 0 Å². The minimum absolute atomic E-state index is 0.481. The fraction of sp³-hybridized carbons (Fsp3) is 0.167. The van der Waals surface area contributed by atoms with Gasteiger partial charge in [0.25, 0.3) is 0 Å². The third kappa shape index (κ3) is 23.2. The highest BCUT2D eigenvalue weighted by atomic mass is 32.2. The van der Waals surface area contributed by atoms with Crippen molar-refractivity contribution in [3.8, 4) is 0 Å². The molecular formula is C6H10NO4S-. The molecule has 0 rings (SSSR count). The molecule has 0 aromatic rings. The summed E-state index contributed by atoms with van der Waals surface area (Å²) >= 11 is -2.40. The predicted molar refractivity (Wildman–Crippen MR) is 44.2 cm³/mol. The minimum Gasteiger partial charge on any atom is -0.740 e. The van der Waals surface area contributed by atoms with Crippen LogP contribution in [0.25, 0.3) is 0 Å². The summed E-state index contributed by atoms with van der Waals surface area (Å²) in [5, 5.41) is 0. The average Bonchev–Trinajstić information content (AvgIpc) is 2.02. The lowest BCUT2D eigenvalue weighted by molar-refractivity contribution is -0.113. The van der Waals surface area contributed by atoms with Crippen LogP contribution in [-0.2, 0) is 20.3 Å². The monoisotopic (exact) mass is 192 g/mol. The Balaban J connectivity index is 0. The number of amides is 1. The van der Waals surface area contributed by atoms with E-state index in [1.807, 2.05) is 0 Å². The van der Waals surface area contributed by atoms with Crippen LogP contribution < -0.4 is 5.73 Å². The summed E-state index contributed by atoms with van der Waals surface area (Å²) in [6.45, 7) is 4.75. The minimum atomic E-state index is -2.40. The summed E-state index contributed by atoms with van der Waals surface area (Å²) in [6, 6.07) is 0. The van der Waals surface area contributed by atoms with Gasteiger partial charge in [-0.25, -0.2) is 4.21 Å². The van der Waals surface area contributed by atoms with Crippen LogP contribution in [0.15, 0.2) is 25.0 Å². The number of hydrogen-bond acceptors (Lipinski definition) is 4. The molecule has 0 aliphatic carbocycles. The van der Waals surface area contributed by atoms with Crippen molar-refractivity contribution in [2.45, 2.75) is 6.92 Å². The van der Waals surface area contributed by atoms with E-state index in [-0.39, 0.29) is 0 Å². The van der Waals surface area contributed by atoms with Crippen LogP contribution in [0, 0.1) is 0 Å². The lowest BCUT2D eigenvalue weighted by Gasteiger charge is -1.98. The van der Waals surface area contributed by atoms with Gasteiger partial charge in [-0.3, -0.25) is 4.79 Å². The first-order chi connectivity index (χ1) is 5.54. The summed E-state index contributed by atoms with van der Waals surface area (Å²) in [7, 11) is 0. The van der Waals surface area contributed by atoms with Crippen molar-refractivity contribution < 1.29 is 17.7 Å². The van der Waals surface area contributed by atoms with E-state index in [0.29, 0.717) is 0 Å². The van der Waals surface area contributed by atoms with Crippen LogP contribution in [0.3, 0.4) is 0 Å². The van der Waals surface area contributed by atoms with Gasteiger partial charge in [0.1, 0.15) is 11.4 Å². The van der Waals surface area contributed by atoms with E-state index < -0.39 is 17.3 Å². The lowest BCUT2D eigenvalue weighted by atomic mass is 10.6. The molecule has 5 nitrogen and oxygen atoms in total. The highest BCUT2D eigenvalue weighted by Gasteiger charge is 1.69. The Labute approximate surface area is 73.4 Å². The van der Waals surface area contributed by atoms with E-state index in [4.69, 9.17) is 0 Å². The number of allylic oxidation sites excluding steroid dienone is 1. The van der Waals surface area contributed by atoms with Gasteiger partial charge in [-0.2, -0.15) is 0 Å². The quantitative estimate of drug-likeness (QED) is 0.386. The Hall–Kier alpha value is -1.14. The highest BCUT2D eigenvalue weighted by Crippen LogP contribution is 1.77. The van der Waals surface area contributed by atoms with E-state index >= 15 is 0 Å². The Morgan fingerprint density at radius 1 is 1.75 bits per heavy atom. The molecule has 0 bridgehead atoms. The first-order valence-corrected chi connectivity index (χ1v) is 3.84. The fourth-order valence-corrected chi connectivity index (χ4v) is 0.303. The molecule has 0 heterocycles. The number of hydrogen-bond donors (Lipinski definition) is 1. The first kappa shape index (κ1) is 13.4. The van der Waals surface area contributed by atoms with Crippen LogP contribution in [0.2, 0.25) is 0 Å². The van der Waals surface area contributed by atoms with Gasteiger partial charge in [0.2, 0.25) is 5.91 Å². The molecule has 1 atom stereocenters. The maximum Gasteiger partial charge on any atom is 0.240 e. The van der Waals surface area contributed by atoms with E-state index in [0.717, 1.165) is 12.3 Å². The van der Waals surface area contributed by atoms with Gasteiger partial charge < -0.3 is 14.5 Å². The third-order valence-corrected chi connectivity index (χ3v) is 0.740. The van der Waals surface area contributed by atoms with Crippen molar-refractivity contribution >= 4 is 17.3 Å². The normalized spacial score (nSPS) is 11.2. The number of rotatable bonds is 3. The van der Waals surface area contributed by atoms with Crippen LogP contribution in [-0.4, -0.2) is 14.7 Å². The molecule has 0 spiro atoms. The molecule has 0 radical (unpaired) electrons. The van der Waals surface area contributed by atoms with Crippen molar-refractivity contribution in [2.75, 3.05) is 0 Å². The van der Waals surface area contributed by atoms with Gasteiger partial charge in [-0.1, -0.05) is 12.7 Å². The van der Waals surface area contributed by atoms with Crippen LogP contribution in [0.1, 0.15) is 6.92 Å². The van der Waals surface area contributed by atoms with E-state index in [1.165, 1.54) is 6.08 Å². The molecule has 0 aliphatic heterocycles. The Morgan fingerprint density at radius 2 is 2.17 bits per heavy atom. The Bertz CT molecular complexity index is 190. The average molecular weight is 192 g/mol. The molecule has 0 fully saturated rings. The second-order valence-corrected chi connectivity index (χ2v) is 1.98. The standard InChI is InChI=1S/C3H5NO.C3H6O3S/c1-2-3(4)5;1-2-3-6-7(4)5/h2H,1H2,(H2,4,5);2-3H,1H3,(H,4,5)/p-1. The van der Waals surface area contributed by atoms with Crippen molar-refractivity contribution in [3.05, 3.63) is 25.0 Å². The van der Waals surface area contributed by atoms with E-state index in [1.54, 1.807) is 6.92 Å². The summed E-state index contributed by atoms with van der Waals surface area (Å²) < 4.78 is 22.9. The van der Waals surface area contributed by atoms with E-state index in [2.05, 4.69) is 16.5 Å². The fourth-order valence-electron chi connectivity index (χ4n) is 0.101. The second-order valence-electron chi connectivity index (χ2n) is 1.38. The largest absolute Gasteiger partial charge is 0.740 e. The SMILES string of the molecule is C=CC(N)=O.CC=COS(=O)[O-].